The van der Waals surface area contributed by atoms with Gasteiger partial charge in [0.15, 0.2) is 0 Å². The first kappa shape index (κ1) is 8.62. The summed E-state index contributed by atoms with van der Waals surface area (Å²) in [6.07, 6.45) is 9.09. The van der Waals surface area contributed by atoms with Crippen molar-refractivity contribution in [2.75, 3.05) is 0 Å². The predicted molar refractivity (Wildman–Crippen MR) is 53.2 cm³/mol. The highest BCUT2D eigenvalue weighted by Crippen LogP contribution is 2.52. The van der Waals surface area contributed by atoms with Gasteiger partial charge in [-0.1, -0.05) is 37.4 Å². The molecule has 0 heterocycles. The lowest BCUT2D eigenvalue weighted by atomic mass is 9.59. The molecular formula is C11H17Cl. The van der Waals surface area contributed by atoms with E-state index in [-0.39, 0.29) is 0 Å². The second-order valence-electron chi connectivity index (χ2n) is 4.28. The molecule has 68 valence electrons. The van der Waals surface area contributed by atoms with E-state index in [9.17, 15) is 0 Å². The first-order chi connectivity index (χ1) is 5.81. The minimum Gasteiger partial charge on any atom is -0.0895 e. The van der Waals surface area contributed by atoms with E-state index < -0.39 is 0 Å². The van der Waals surface area contributed by atoms with Crippen molar-refractivity contribution < 1.29 is 0 Å². The zero-order chi connectivity index (χ0) is 8.55. The Bertz CT molecular complexity index is 195. The lowest BCUT2D eigenvalue weighted by Gasteiger charge is -2.47. The molecule has 1 fully saturated rings. The maximum atomic E-state index is 6.00. The molecule has 1 heteroatoms. The normalized spacial score (nSPS) is 38.8. The van der Waals surface area contributed by atoms with Gasteiger partial charge in [0.2, 0.25) is 0 Å². The Morgan fingerprint density at radius 1 is 1.58 bits per heavy atom. The highest BCUT2D eigenvalue weighted by atomic mass is 35.5. The molecule has 0 saturated heterocycles. The standard InChI is InChI=1S/C11H17Cl/c1-2-3-4-11-8-5-9(11)7-10(12)6-8/h6,8-9,11H,2-5,7H2,1H3/t8?,9?,11-/m0/s1. The number of hydrogen-bond acceptors (Lipinski definition) is 0. The summed E-state index contributed by atoms with van der Waals surface area (Å²) in [7, 11) is 0. The van der Waals surface area contributed by atoms with Gasteiger partial charge in [-0.05, 0) is 37.0 Å². The van der Waals surface area contributed by atoms with Gasteiger partial charge < -0.3 is 0 Å². The van der Waals surface area contributed by atoms with Gasteiger partial charge in [-0.3, -0.25) is 0 Å². The second-order valence-corrected chi connectivity index (χ2v) is 4.77. The van der Waals surface area contributed by atoms with Crippen LogP contribution in [0.1, 0.15) is 39.0 Å². The average molecular weight is 185 g/mol. The zero-order valence-corrected chi connectivity index (χ0v) is 8.48. The van der Waals surface area contributed by atoms with Crippen LogP contribution in [0, 0.1) is 17.8 Å². The second kappa shape index (κ2) is 3.41. The van der Waals surface area contributed by atoms with Crippen LogP contribution < -0.4 is 0 Å². The van der Waals surface area contributed by atoms with Crippen LogP contribution in [0.2, 0.25) is 0 Å². The van der Waals surface area contributed by atoms with Gasteiger partial charge in [0.05, 0.1) is 0 Å². The van der Waals surface area contributed by atoms with Crippen LogP contribution in [0.15, 0.2) is 11.1 Å². The highest BCUT2D eigenvalue weighted by Gasteiger charge is 2.42. The van der Waals surface area contributed by atoms with Gasteiger partial charge in [-0.25, -0.2) is 0 Å². The van der Waals surface area contributed by atoms with Gasteiger partial charge >= 0.3 is 0 Å². The van der Waals surface area contributed by atoms with E-state index in [0.29, 0.717) is 0 Å². The summed E-state index contributed by atoms with van der Waals surface area (Å²) in [6, 6.07) is 0. The summed E-state index contributed by atoms with van der Waals surface area (Å²) in [5.41, 5.74) is 0. The number of fused-ring (bicyclic) bond motifs is 1. The Labute approximate surface area is 80.0 Å². The summed E-state index contributed by atoms with van der Waals surface area (Å²) in [4.78, 5) is 0. The Balaban J connectivity index is 1.88. The Kier molecular flexibility index (Phi) is 2.45. The molecule has 0 amide bonds. The lowest BCUT2D eigenvalue weighted by Crippen LogP contribution is -2.38. The highest BCUT2D eigenvalue weighted by molar-refractivity contribution is 6.29. The molecule has 0 aromatic rings. The molecule has 0 aromatic heterocycles. The molecule has 0 aromatic carbocycles. The lowest BCUT2D eigenvalue weighted by molar-refractivity contribution is 0.0843. The molecule has 1 saturated carbocycles. The minimum atomic E-state index is 0.850. The third kappa shape index (κ3) is 1.42. The summed E-state index contributed by atoms with van der Waals surface area (Å²) in [5.74, 6) is 2.79. The van der Waals surface area contributed by atoms with Crippen molar-refractivity contribution in [3.05, 3.63) is 11.1 Å². The van der Waals surface area contributed by atoms with Crippen molar-refractivity contribution >= 4 is 11.6 Å². The van der Waals surface area contributed by atoms with Crippen molar-refractivity contribution in [3.8, 4) is 0 Å². The van der Waals surface area contributed by atoms with E-state index in [0.717, 1.165) is 22.8 Å². The molecule has 0 N–H and O–H groups in total. The van der Waals surface area contributed by atoms with Gasteiger partial charge in [-0.2, -0.15) is 0 Å². The van der Waals surface area contributed by atoms with E-state index >= 15 is 0 Å². The minimum absolute atomic E-state index is 0.850. The molecular weight excluding hydrogens is 168 g/mol. The maximum Gasteiger partial charge on any atom is 0.0146 e. The summed E-state index contributed by atoms with van der Waals surface area (Å²) >= 11 is 6.00. The van der Waals surface area contributed by atoms with E-state index in [2.05, 4.69) is 13.0 Å². The van der Waals surface area contributed by atoms with Crippen LogP contribution in [0.25, 0.3) is 0 Å². The smallest absolute Gasteiger partial charge is 0.0146 e. The number of unbranched alkanes of at least 4 members (excludes halogenated alkanes) is 1. The maximum absolute atomic E-state index is 6.00. The van der Waals surface area contributed by atoms with Crippen molar-refractivity contribution in [2.24, 2.45) is 17.8 Å². The van der Waals surface area contributed by atoms with Crippen LogP contribution >= 0.6 is 11.6 Å². The Morgan fingerprint density at radius 3 is 3.00 bits per heavy atom. The fourth-order valence-electron chi connectivity index (χ4n) is 2.72. The van der Waals surface area contributed by atoms with Crippen LogP contribution in [0.4, 0.5) is 0 Å². The van der Waals surface area contributed by atoms with Gasteiger partial charge in [0.1, 0.15) is 0 Å². The van der Waals surface area contributed by atoms with Gasteiger partial charge in [0, 0.05) is 5.03 Å². The van der Waals surface area contributed by atoms with Crippen LogP contribution in [-0.4, -0.2) is 0 Å². The molecule has 3 atom stereocenters. The predicted octanol–water partition coefficient (Wildman–Crippen LogP) is 3.96. The van der Waals surface area contributed by atoms with Crippen LogP contribution in [-0.2, 0) is 0 Å². The molecule has 3 aliphatic carbocycles. The molecule has 0 spiro atoms. The largest absolute Gasteiger partial charge is 0.0895 e. The number of rotatable bonds is 3. The monoisotopic (exact) mass is 184 g/mol. The summed E-state index contributed by atoms with van der Waals surface area (Å²) in [5, 5.41) is 1.13. The first-order valence-corrected chi connectivity index (χ1v) is 5.55. The molecule has 2 bridgehead atoms. The number of hydrogen-bond donors (Lipinski definition) is 0. The van der Waals surface area contributed by atoms with E-state index in [1.165, 1.54) is 32.1 Å². The fourth-order valence-corrected chi connectivity index (χ4v) is 3.08. The van der Waals surface area contributed by atoms with Crippen molar-refractivity contribution in [1.29, 1.82) is 0 Å². The van der Waals surface area contributed by atoms with E-state index in [1.807, 2.05) is 0 Å². The molecule has 0 aliphatic heterocycles. The van der Waals surface area contributed by atoms with Crippen molar-refractivity contribution in [1.82, 2.24) is 0 Å². The summed E-state index contributed by atoms with van der Waals surface area (Å²) < 4.78 is 0. The topological polar surface area (TPSA) is 0 Å². The SMILES string of the molecule is CCCC[C@H]1C2C=C(Cl)CC1C2. The zero-order valence-electron chi connectivity index (χ0n) is 7.72. The number of allylic oxidation sites excluding steroid dienone is 2. The first-order valence-electron chi connectivity index (χ1n) is 5.17. The molecule has 2 unspecified atom stereocenters. The number of halogens is 1. The third-order valence-electron chi connectivity index (χ3n) is 3.47. The molecule has 0 nitrogen and oxygen atoms in total. The molecule has 0 radical (unpaired) electrons. The molecule has 3 rings (SSSR count). The summed E-state index contributed by atoms with van der Waals surface area (Å²) in [6.45, 7) is 2.28. The third-order valence-corrected chi connectivity index (χ3v) is 3.75. The van der Waals surface area contributed by atoms with Crippen molar-refractivity contribution in [2.45, 2.75) is 39.0 Å². The molecule has 3 aliphatic rings. The van der Waals surface area contributed by atoms with Gasteiger partial charge in [-0.15, -0.1) is 0 Å². The Hall–Kier alpha value is 0.0300. The molecule has 12 heavy (non-hydrogen) atoms. The quantitative estimate of drug-likeness (QED) is 0.623. The average Bonchev–Trinajstić information content (AvgIpc) is 2.04. The fraction of sp³-hybridized carbons (Fsp3) is 0.818. The van der Waals surface area contributed by atoms with E-state index in [1.54, 1.807) is 0 Å². The van der Waals surface area contributed by atoms with E-state index in [4.69, 9.17) is 11.6 Å². The van der Waals surface area contributed by atoms with Crippen LogP contribution in [0.3, 0.4) is 0 Å². The van der Waals surface area contributed by atoms with Crippen LogP contribution in [0.5, 0.6) is 0 Å². The Morgan fingerprint density at radius 2 is 2.42 bits per heavy atom. The van der Waals surface area contributed by atoms with Gasteiger partial charge in [0.25, 0.3) is 0 Å². The van der Waals surface area contributed by atoms with Crippen molar-refractivity contribution in [3.63, 3.8) is 0 Å².